The summed E-state index contributed by atoms with van der Waals surface area (Å²) in [5, 5.41) is 0. The summed E-state index contributed by atoms with van der Waals surface area (Å²) < 4.78 is 39.2. The first-order valence-electron chi connectivity index (χ1n) is 11.6. The van der Waals surface area contributed by atoms with E-state index in [2.05, 4.69) is 0 Å². The van der Waals surface area contributed by atoms with Crippen molar-refractivity contribution in [3.8, 4) is 0 Å². The summed E-state index contributed by atoms with van der Waals surface area (Å²) in [6, 6.07) is 17.8. The van der Waals surface area contributed by atoms with E-state index in [1.165, 1.54) is 12.1 Å². The molecule has 3 aromatic carbocycles. The second-order valence-corrected chi connectivity index (χ2v) is 10.7. The van der Waals surface area contributed by atoms with Crippen LogP contribution in [-0.2, 0) is 29.1 Å². The Morgan fingerprint density at radius 3 is 1.51 bits per heavy atom. The van der Waals surface area contributed by atoms with E-state index < -0.39 is 34.0 Å². The molecule has 0 aromatic heterocycles. The van der Waals surface area contributed by atoms with E-state index in [0.29, 0.717) is 11.1 Å². The molecule has 0 aliphatic heterocycles. The summed E-state index contributed by atoms with van der Waals surface area (Å²) in [5.41, 5.74) is 3.85. The van der Waals surface area contributed by atoms with Gasteiger partial charge >= 0.3 is 11.9 Å². The molecule has 3 rings (SSSR count). The standard InChI is InChI=1S/C28H32N2O6S/c1-19-7-11-21(12-8-19)25(22-13-15-23(16-14-22)29(3)4)30(26(27(31)35-5)28(32)36-6)37(33,34)24-17-9-20(2)10-18-24/h7-18,25-26H,1-6H3. The van der Waals surface area contributed by atoms with Crippen molar-refractivity contribution in [2.75, 3.05) is 33.2 Å². The highest BCUT2D eigenvalue weighted by Crippen LogP contribution is 2.37. The van der Waals surface area contributed by atoms with Crippen molar-refractivity contribution in [1.29, 1.82) is 0 Å². The molecule has 9 heteroatoms. The summed E-state index contributed by atoms with van der Waals surface area (Å²) >= 11 is 0. The molecule has 0 saturated heterocycles. The van der Waals surface area contributed by atoms with Crippen molar-refractivity contribution in [2.24, 2.45) is 0 Å². The van der Waals surface area contributed by atoms with Crippen molar-refractivity contribution in [2.45, 2.75) is 30.8 Å². The molecule has 0 spiro atoms. The lowest BCUT2D eigenvalue weighted by atomic mass is 9.96. The van der Waals surface area contributed by atoms with Gasteiger partial charge in [-0.15, -0.1) is 0 Å². The van der Waals surface area contributed by atoms with Gasteiger partial charge in [-0.3, -0.25) is 0 Å². The maximum absolute atomic E-state index is 14.3. The second-order valence-electron chi connectivity index (χ2n) is 8.90. The fourth-order valence-electron chi connectivity index (χ4n) is 3.98. The molecular formula is C28H32N2O6S. The SMILES string of the molecule is COC(=O)C(C(=O)OC)N(C(c1ccc(C)cc1)c1ccc(N(C)C)cc1)S(=O)(=O)c1ccc(C)cc1. The Morgan fingerprint density at radius 1 is 0.703 bits per heavy atom. The summed E-state index contributed by atoms with van der Waals surface area (Å²) in [6.45, 7) is 3.75. The van der Waals surface area contributed by atoms with E-state index in [1.807, 2.05) is 57.1 Å². The van der Waals surface area contributed by atoms with Crippen LogP contribution in [0.15, 0.2) is 77.7 Å². The first-order chi connectivity index (χ1) is 17.5. The third kappa shape index (κ3) is 6.00. The van der Waals surface area contributed by atoms with Crippen molar-refractivity contribution in [3.05, 3.63) is 95.1 Å². The number of carbonyl (C=O) groups excluding carboxylic acids is 2. The van der Waals surface area contributed by atoms with Crippen molar-refractivity contribution < 1.29 is 27.5 Å². The number of anilines is 1. The molecule has 0 heterocycles. The lowest BCUT2D eigenvalue weighted by Gasteiger charge is -2.35. The van der Waals surface area contributed by atoms with Crippen molar-refractivity contribution in [1.82, 2.24) is 4.31 Å². The fourth-order valence-corrected chi connectivity index (χ4v) is 5.67. The van der Waals surface area contributed by atoms with Crippen LogP contribution in [0.3, 0.4) is 0 Å². The number of hydrogen-bond donors (Lipinski definition) is 0. The summed E-state index contributed by atoms with van der Waals surface area (Å²) in [7, 11) is 1.55. The van der Waals surface area contributed by atoms with Gasteiger partial charge in [-0.1, -0.05) is 59.7 Å². The van der Waals surface area contributed by atoms with Gasteiger partial charge < -0.3 is 14.4 Å². The Balaban J connectivity index is 2.37. The average Bonchev–Trinajstić information content (AvgIpc) is 2.89. The zero-order valence-corrected chi connectivity index (χ0v) is 22.7. The molecule has 3 aromatic rings. The summed E-state index contributed by atoms with van der Waals surface area (Å²) in [6.07, 6.45) is 0. The maximum Gasteiger partial charge on any atom is 0.335 e. The normalized spacial score (nSPS) is 12.3. The first-order valence-corrected chi connectivity index (χ1v) is 13.0. The number of aryl methyl sites for hydroxylation is 2. The van der Waals surface area contributed by atoms with Gasteiger partial charge in [0.2, 0.25) is 16.1 Å². The van der Waals surface area contributed by atoms with E-state index in [-0.39, 0.29) is 4.90 Å². The topological polar surface area (TPSA) is 93.2 Å². The molecular weight excluding hydrogens is 492 g/mol. The number of ether oxygens (including phenoxy) is 2. The van der Waals surface area contributed by atoms with Gasteiger partial charge in [0, 0.05) is 19.8 Å². The maximum atomic E-state index is 14.3. The molecule has 196 valence electrons. The van der Waals surface area contributed by atoms with Gasteiger partial charge in [0.05, 0.1) is 25.2 Å². The number of sulfonamides is 1. The van der Waals surface area contributed by atoms with Crippen LogP contribution in [0.2, 0.25) is 0 Å². The number of benzene rings is 3. The fraction of sp³-hybridized carbons (Fsp3) is 0.286. The van der Waals surface area contributed by atoms with E-state index in [0.717, 1.165) is 35.3 Å². The van der Waals surface area contributed by atoms with Gasteiger partial charge in [0.25, 0.3) is 0 Å². The molecule has 0 fully saturated rings. The first kappa shape index (κ1) is 27.9. The quantitative estimate of drug-likeness (QED) is 0.310. The number of carbonyl (C=O) groups is 2. The highest BCUT2D eigenvalue weighted by molar-refractivity contribution is 7.89. The number of nitrogens with zero attached hydrogens (tertiary/aromatic N) is 2. The van der Waals surface area contributed by atoms with E-state index in [9.17, 15) is 18.0 Å². The smallest absolute Gasteiger partial charge is 0.335 e. The Labute approximate surface area is 218 Å². The molecule has 0 aliphatic rings. The van der Waals surface area contributed by atoms with E-state index in [4.69, 9.17) is 9.47 Å². The van der Waals surface area contributed by atoms with Gasteiger partial charge in [-0.25, -0.2) is 18.0 Å². The number of rotatable bonds is 9. The highest BCUT2D eigenvalue weighted by atomic mass is 32.2. The number of esters is 2. The third-order valence-corrected chi connectivity index (χ3v) is 7.92. The van der Waals surface area contributed by atoms with Crippen molar-refractivity contribution >= 4 is 27.6 Å². The molecule has 1 unspecified atom stereocenters. The van der Waals surface area contributed by atoms with E-state index >= 15 is 0 Å². The highest BCUT2D eigenvalue weighted by Gasteiger charge is 2.47. The molecule has 0 amide bonds. The van der Waals surface area contributed by atoms with Crippen LogP contribution in [0.5, 0.6) is 0 Å². The van der Waals surface area contributed by atoms with Crippen LogP contribution in [0.25, 0.3) is 0 Å². The van der Waals surface area contributed by atoms with Crippen LogP contribution < -0.4 is 4.90 Å². The van der Waals surface area contributed by atoms with E-state index in [1.54, 1.807) is 36.4 Å². The summed E-state index contributed by atoms with van der Waals surface area (Å²) in [5.74, 6) is -2.10. The van der Waals surface area contributed by atoms with Crippen LogP contribution >= 0.6 is 0 Å². The Bertz CT molecular complexity index is 1320. The minimum Gasteiger partial charge on any atom is -0.467 e. The molecule has 0 bridgehead atoms. The molecule has 37 heavy (non-hydrogen) atoms. The van der Waals surface area contributed by atoms with Gasteiger partial charge in [-0.2, -0.15) is 4.31 Å². The Morgan fingerprint density at radius 2 is 1.11 bits per heavy atom. The number of hydrogen-bond acceptors (Lipinski definition) is 7. The molecule has 1 atom stereocenters. The Hall–Kier alpha value is -3.69. The predicted octanol–water partition coefficient (Wildman–Crippen LogP) is 3.86. The predicted molar refractivity (Wildman–Crippen MR) is 142 cm³/mol. The van der Waals surface area contributed by atoms with Crippen LogP contribution in [0.4, 0.5) is 5.69 Å². The molecule has 0 aliphatic carbocycles. The van der Waals surface area contributed by atoms with Gasteiger partial charge in [-0.05, 0) is 49.2 Å². The summed E-state index contributed by atoms with van der Waals surface area (Å²) in [4.78, 5) is 27.9. The molecule has 0 radical (unpaired) electrons. The van der Waals surface area contributed by atoms with Crippen molar-refractivity contribution in [3.63, 3.8) is 0 Å². The van der Waals surface area contributed by atoms with Gasteiger partial charge in [0.1, 0.15) is 0 Å². The zero-order chi connectivity index (χ0) is 27.3. The zero-order valence-electron chi connectivity index (χ0n) is 21.8. The monoisotopic (exact) mass is 524 g/mol. The minimum absolute atomic E-state index is 0.0714. The number of methoxy groups -OCH3 is 2. The molecule has 0 saturated carbocycles. The minimum atomic E-state index is -4.44. The molecule has 8 nitrogen and oxygen atoms in total. The van der Waals surface area contributed by atoms with Gasteiger partial charge in [0.15, 0.2) is 0 Å². The van der Waals surface area contributed by atoms with Crippen LogP contribution in [-0.4, -0.2) is 59.0 Å². The van der Waals surface area contributed by atoms with Crippen LogP contribution in [0.1, 0.15) is 28.3 Å². The lowest BCUT2D eigenvalue weighted by molar-refractivity contribution is -0.158. The molecule has 0 N–H and O–H groups in total. The lowest BCUT2D eigenvalue weighted by Crippen LogP contribution is -2.52. The third-order valence-electron chi connectivity index (χ3n) is 6.07. The Kier molecular flexibility index (Phi) is 8.73. The van der Waals surface area contributed by atoms with Crippen LogP contribution in [0, 0.1) is 13.8 Å². The average molecular weight is 525 g/mol. The largest absolute Gasteiger partial charge is 0.467 e. The second kappa shape index (κ2) is 11.6.